The second-order valence-corrected chi connectivity index (χ2v) is 3.82. The number of carbonyl (C=O) groups excluding carboxylic acids is 2. The minimum Gasteiger partial charge on any atom is -0.487 e. The van der Waals surface area contributed by atoms with Crippen LogP contribution in [0, 0.1) is 10.1 Å². The molecule has 8 heteroatoms. The standard InChI is InChI=1S/C12H14N2O6/c1-3-19-10-5-4-8(6-9(10)14(17)18)12(16)20-7(2)11(13)15/h4-7H,3H2,1-2H3,(H2,13,15)/t7-/m1/s1. The minimum absolute atomic E-state index is 0.0528. The van der Waals surface area contributed by atoms with E-state index in [-0.39, 0.29) is 23.6 Å². The number of nitrogens with two attached hydrogens (primary N) is 1. The van der Waals surface area contributed by atoms with Gasteiger partial charge in [-0.25, -0.2) is 4.79 Å². The summed E-state index contributed by atoms with van der Waals surface area (Å²) in [6.45, 7) is 3.24. The molecule has 1 aromatic carbocycles. The molecule has 0 saturated heterocycles. The van der Waals surface area contributed by atoms with Gasteiger partial charge < -0.3 is 15.2 Å². The van der Waals surface area contributed by atoms with Crippen LogP contribution >= 0.6 is 0 Å². The third-order valence-corrected chi connectivity index (χ3v) is 2.38. The quantitative estimate of drug-likeness (QED) is 0.472. The molecule has 0 aromatic heterocycles. The highest BCUT2D eigenvalue weighted by Gasteiger charge is 2.21. The van der Waals surface area contributed by atoms with Crippen LogP contribution in [0.1, 0.15) is 24.2 Å². The molecule has 0 aliphatic carbocycles. The van der Waals surface area contributed by atoms with Gasteiger partial charge in [-0.3, -0.25) is 14.9 Å². The molecular weight excluding hydrogens is 268 g/mol. The van der Waals surface area contributed by atoms with Gasteiger partial charge in [0.25, 0.3) is 5.91 Å². The second-order valence-electron chi connectivity index (χ2n) is 3.82. The van der Waals surface area contributed by atoms with E-state index in [4.69, 9.17) is 15.2 Å². The highest BCUT2D eigenvalue weighted by atomic mass is 16.6. The molecule has 8 nitrogen and oxygen atoms in total. The molecule has 0 aliphatic heterocycles. The van der Waals surface area contributed by atoms with Crippen molar-refractivity contribution in [1.29, 1.82) is 0 Å². The number of nitro benzene ring substituents is 1. The zero-order chi connectivity index (χ0) is 15.3. The van der Waals surface area contributed by atoms with Crippen molar-refractivity contribution in [2.24, 2.45) is 5.73 Å². The lowest BCUT2D eigenvalue weighted by molar-refractivity contribution is -0.385. The van der Waals surface area contributed by atoms with Crippen molar-refractivity contribution in [1.82, 2.24) is 0 Å². The van der Waals surface area contributed by atoms with Gasteiger partial charge in [0, 0.05) is 6.07 Å². The van der Waals surface area contributed by atoms with E-state index in [1.807, 2.05) is 0 Å². The average Bonchev–Trinajstić information content (AvgIpc) is 2.38. The van der Waals surface area contributed by atoms with Crippen molar-refractivity contribution in [2.45, 2.75) is 20.0 Å². The Morgan fingerprint density at radius 1 is 1.45 bits per heavy atom. The molecule has 0 fully saturated rings. The molecule has 0 bridgehead atoms. The average molecular weight is 282 g/mol. The van der Waals surface area contributed by atoms with E-state index in [1.54, 1.807) is 6.92 Å². The number of primary amides is 1. The van der Waals surface area contributed by atoms with Gasteiger partial charge in [-0.05, 0) is 26.0 Å². The van der Waals surface area contributed by atoms with Gasteiger partial charge in [-0.15, -0.1) is 0 Å². The Morgan fingerprint density at radius 3 is 2.60 bits per heavy atom. The number of amides is 1. The van der Waals surface area contributed by atoms with Gasteiger partial charge in [0.15, 0.2) is 11.9 Å². The van der Waals surface area contributed by atoms with Crippen molar-refractivity contribution < 1.29 is 24.0 Å². The predicted octanol–water partition coefficient (Wildman–Crippen LogP) is 1.02. The molecule has 0 saturated carbocycles. The molecular formula is C12H14N2O6. The molecule has 0 heterocycles. The first-order valence-corrected chi connectivity index (χ1v) is 5.78. The summed E-state index contributed by atoms with van der Waals surface area (Å²) in [5.74, 6) is -1.63. The Labute approximate surface area is 114 Å². The summed E-state index contributed by atoms with van der Waals surface area (Å²) >= 11 is 0. The Bertz CT molecular complexity index is 543. The molecule has 0 unspecified atom stereocenters. The van der Waals surface area contributed by atoms with Crippen LogP contribution in [0.5, 0.6) is 5.75 Å². The van der Waals surface area contributed by atoms with Crippen LogP contribution in [0.25, 0.3) is 0 Å². The van der Waals surface area contributed by atoms with E-state index in [9.17, 15) is 19.7 Å². The third-order valence-electron chi connectivity index (χ3n) is 2.38. The first-order valence-electron chi connectivity index (χ1n) is 5.78. The molecule has 108 valence electrons. The number of nitrogens with zero attached hydrogens (tertiary/aromatic N) is 1. The highest BCUT2D eigenvalue weighted by Crippen LogP contribution is 2.28. The van der Waals surface area contributed by atoms with Crippen molar-refractivity contribution in [3.63, 3.8) is 0 Å². The minimum atomic E-state index is -1.12. The molecule has 1 atom stereocenters. The fourth-order valence-electron chi connectivity index (χ4n) is 1.35. The number of ether oxygens (including phenoxy) is 2. The Balaban J connectivity index is 3.02. The largest absolute Gasteiger partial charge is 0.487 e. The number of nitro groups is 1. The van der Waals surface area contributed by atoms with E-state index in [1.165, 1.54) is 19.1 Å². The van der Waals surface area contributed by atoms with Crippen molar-refractivity contribution >= 4 is 17.6 Å². The maximum absolute atomic E-state index is 11.7. The summed E-state index contributed by atoms with van der Waals surface area (Å²) in [7, 11) is 0. The van der Waals surface area contributed by atoms with Gasteiger partial charge in [-0.2, -0.15) is 0 Å². The number of hydrogen-bond donors (Lipinski definition) is 1. The molecule has 0 radical (unpaired) electrons. The SMILES string of the molecule is CCOc1ccc(C(=O)O[C@H](C)C(N)=O)cc1[N+](=O)[O-]. The summed E-state index contributed by atoms with van der Waals surface area (Å²) in [6, 6.07) is 3.64. The number of benzene rings is 1. The van der Waals surface area contributed by atoms with Crippen LogP contribution in [-0.2, 0) is 9.53 Å². The van der Waals surface area contributed by atoms with Crippen LogP contribution in [0.4, 0.5) is 5.69 Å². The van der Waals surface area contributed by atoms with Gasteiger partial charge >= 0.3 is 11.7 Å². The molecule has 1 aromatic rings. The van der Waals surface area contributed by atoms with Crippen LogP contribution in [0.2, 0.25) is 0 Å². The van der Waals surface area contributed by atoms with Crippen LogP contribution in [-0.4, -0.2) is 29.5 Å². The zero-order valence-corrected chi connectivity index (χ0v) is 11.0. The van der Waals surface area contributed by atoms with Crippen molar-refractivity contribution in [3.05, 3.63) is 33.9 Å². The lowest BCUT2D eigenvalue weighted by Crippen LogP contribution is -2.30. The zero-order valence-electron chi connectivity index (χ0n) is 11.0. The first kappa shape index (κ1) is 15.4. The maximum atomic E-state index is 11.7. The Morgan fingerprint density at radius 2 is 2.10 bits per heavy atom. The van der Waals surface area contributed by atoms with E-state index < -0.39 is 22.9 Å². The van der Waals surface area contributed by atoms with Crippen LogP contribution in [0.3, 0.4) is 0 Å². The van der Waals surface area contributed by atoms with Crippen LogP contribution < -0.4 is 10.5 Å². The van der Waals surface area contributed by atoms with Crippen molar-refractivity contribution in [2.75, 3.05) is 6.61 Å². The van der Waals surface area contributed by atoms with E-state index in [0.717, 1.165) is 6.07 Å². The van der Waals surface area contributed by atoms with Crippen LogP contribution in [0.15, 0.2) is 18.2 Å². The maximum Gasteiger partial charge on any atom is 0.339 e. The van der Waals surface area contributed by atoms with Crippen molar-refractivity contribution in [3.8, 4) is 5.75 Å². The van der Waals surface area contributed by atoms with Gasteiger partial charge in [-0.1, -0.05) is 0 Å². The Kier molecular flexibility index (Phi) is 5.01. The molecule has 2 N–H and O–H groups in total. The first-order chi connectivity index (χ1) is 9.36. The lowest BCUT2D eigenvalue weighted by atomic mass is 10.2. The Hall–Kier alpha value is -2.64. The van der Waals surface area contributed by atoms with E-state index >= 15 is 0 Å². The van der Waals surface area contributed by atoms with E-state index in [0.29, 0.717) is 0 Å². The highest BCUT2D eigenvalue weighted by molar-refractivity contribution is 5.92. The van der Waals surface area contributed by atoms with E-state index in [2.05, 4.69) is 0 Å². The molecule has 0 spiro atoms. The topological polar surface area (TPSA) is 122 Å². The van der Waals surface area contributed by atoms with Gasteiger partial charge in [0.05, 0.1) is 17.1 Å². The summed E-state index contributed by atoms with van der Waals surface area (Å²) < 4.78 is 9.84. The molecule has 1 amide bonds. The third kappa shape index (κ3) is 3.67. The fraction of sp³-hybridized carbons (Fsp3) is 0.333. The lowest BCUT2D eigenvalue weighted by Gasteiger charge is -2.10. The summed E-state index contributed by atoms with van der Waals surface area (Å²) in [4.78, 5) is 32.7. The van der Waals surface area contributed by atoms with Gasteiger partial charge in [0.2, 0.25) is 0 Å². The number of hydrogen-bond acceptors (Lipinski definition) is 6. The predicted molar refractivity (Wildman–Crippen MR) is 68.3 cm³/mol. The smallest absolute Gasteiger partial charge is 0.339 e. The fourth-order valence-corrected chi connectivity index (χ4v) is 1.35. The summed E-state index contributed by atoms with van der Waals surface area (Å²) in [6.07, 6.45) is -1.12. The summed E-state index contributed by atoms with van der Waals surface area (Å²) in [5, 5.41) is 10.9. The normalized spacial score (nSPS) is 11.5. The second kappa shape index (κ2) is 6.50. The number of carbonyl (C=O) groups is 2. The molecule has 20 heavy (non-hydrogen) atoms. The number of esters is 1. The number of rotatable bonds is 6. The summed E-state index contributed by atoms with van der Waals surface area (Å²) in [5.41, 5.74) is 4.54. The monoisotopic (exact) mass is 282 g/mol. The molecule has 0 aliphatic rings. The molecule has 1 rings (SSSR count). The van der Waals surface area contributed by atoms with Gasteiger partial charge in [0.1, 0.15) is 0 Å².